The SMILES string of the molecule is NC(=O)c1sc2c(c1C(=O)NCc1ccccc1)CCCC2.NCc1cccc(C(=O)N(CC(=O)O)c2ccccc2)c1.O=C(O)C(F)(F)F. The number of carbonyl (C=O) groups is 5. The van der Waals surface area contributed by atoms with E-state index in [0.717, 1.165) is 47.3 Å². The number of carboxylic acids is 2. The number of para-hydroxylation sites is 1. The first-order valence-electron chi connectivity index (χ1n) is 15.2. The zero-order valence-electron chi connectivity index (χ0n) is 26.6. The molecule has 4 aromatic rings. The van der Waals surface area contributed by atoms with Crippen molar-refractivity contribution in [2.24, 2.45) is 11.5 Å². The van der Waals surface area contributed by atoms with Crippen LogP contribution in [-0.4, -0.2) is 52.6 Å². The van der Waals surface area contributed by atoms with E-state index in [1.807, 2.05) is 42.5 Å². The highest BCUT2D eigenvalue weighted by molar-refractivity contribution is 7.14. The van der Waals surface area contributed by atoms with E-state index in [0.29, 0.717) is 34.8 Å². The van der Waals surface area contributed by atoms with Gasteiger partial charge in [-0.2, -0.15) is 13.2 Å². The number of hydrogen-bond donors (Lipinski definition) is 5. The summed E-state index contributed by atoms with van der Waals surface area (Å²) in [5, 5.41) is 19.1. The Morgan fingerprint density at radius 1 is 0.840 bits per heavy atom. The molecule has 1 heterocycles. The summed E-state index contributed by atoms with van der Waals surface area (Å²) in [4.78, 5) is 59.5. The highest BCUT2D eigenvalue weighted by Gasteiger charge is 2.38. The number of aliphatic carboxylic acids is 2. The van der Waals surface area contributed by atoms with E-state index in [-0.39, 0.29) is 11.8 Å². The van der Waals surface area contributed by atoms with Crippen LogP contribution in [0.1, 0.15) is 64.8 Å². The van der Waals surface area contributed by atoms with E-state index >= 15 is 0 Å². The van der Waals surface area contributed by atoms with Gasteiger partial charge in [0.05, 0.1) is 5.56 Å². The van der Waals surface area contributed by atoms with Crippen LogP contribution in [0.3, 0.4) is 0 Å². The van der Waals surface area contributed by atoms with Crippen LogP contribution in [0.5, 0.6) is 0 Å². The predicted octanol–water partition coefficient (Wildman–Crippen LogP) is 5.17. The van der Waals surface area contributed by atoms with Gasteiger partial charge in [-0.1, -0.05) is 60.7 Å². The largest absolute Gasteiger partial charge is 0.490 e. The summed E-state index contributed by atoms with van der Waals surface area (Å²) in [6, 6.07) is 25.3. The van der Waals surface area contributed by atoms with E-state index in [9.17, 15) is 32.3 Å². The van der Waals surface area contributed by atoms with Gasteiger partial charge in [-0.3, -0.25) is 24.1 Å². The van der Waals surface area contributed by atoms with Gasteiger partial charge in [-0.15, -0.1) is 11.3 Å². The second-order valence-corrected chi connectivity index (χ2v) is 11.9. The number of primary amides is 1. The number of aryl methyl sites for hydroxylation is 1. The average Bonchev–Trinajstić information content (AvgIpc) is 3.51. The van der Waals surface area contributed by atoms with Gasteiger partial charge in [0.15, 0.2) is 0 Å². The summed E-state index contributed by atoms with van der Waals surface area (Å²) >= 11 is 1.38. The molecule has 11 nitrogen and oxygen atoms in total. The minimum Gasteiger partial charge on any atom is -0.480 e. The van der Waals surface area contributed by atoms with Crippen molar-refractivity contribution in [3.05, 3.63) is 123 Å². The molecular formula is C35H35F3N4O7S. The van der Waals surface area contributed by atoms with Crippen LogP contribution in [0.15, 0.2) is 84.9 Å². The standard InChI is InChI=1S/C17H18N2O2S.C16H16N2O3.C2HF3O2/c18-16(20)15-14(12-8-4-5-9-13(12)22-15)17(21)19-10-11-6-2-1-3-7-11;17-10-12-5-4-6-13(9-12)16(21)18(11-15(19)20)14-7-2-1-3-8-14;3-2(4,5)1(6)7/h1-3,6-7H,4-5,8-10H2,(H2,18,20)(H,19,21);1-9H,10-11,17H2,(H,19,20);(H,6,7). The number of carbonyl (C=O) groups excluding carboxylic acids is 3. The molecule has 1 aliphatic carbocycles. The second-order valence-electron chi connectivity index (χ2n) is 10.8. The maximum atomic E-state index is 12.6. The predicted molar refractivity (Wildman–Crippen MR) is 181 cm³/mol. The average molecular weight is 713 g/mol. The van der Waals surface area contributed by atoms with E-state index in [4.69, 9.17) is 26.5 Å². The Labute approximate surface area is 289 Å². The molecule has 264 valence electrons. The number of nitrogens with zero attached hydrogens (tertiary/aromatic N) is 1. The van der Waals surface area contributed by atoms with Crippen LogP contribution in [0, 0.1) is 0 Å². The van der Waals surface area contributed by atoms with Gasteiger partial charge < -0.3 is 27.0 Å². The van der Waals surface area contributed by atoms with Crippen LogP contribution >= 0.6 is 11.3 Å². The minimum atomic E-state index is -5.08. The van der Waals surface area contributed by atoms with Crippen LogP contribution in [0.2, 0.25) is 0 Å². The number of carboxylic acid groups (broad SMARTS) is 2. The third kappa shape index (κ3) is 11.3. The molecule has 0 bridgehead atoms. The molecule has 15 heteroatoms. The van der Waals surface area contributed by atoms with Crippen molar-refractivity contribution in [2.75, 3.05) is 11.4 Å². The summed E-state index contributed by atoms with van der Waals surface area (Å²) in [5.41, 5.74) is 15.4. The third-order valence-corrected chi connectivity index (χ3v) is 8.48. The molecule has 0 radical (unpaired) electrons. The van der Waals surface area contributed by atoms with Crippen molar-refractivity contribution < 1.29 is 47.4 Å². The molecule has 0 spiro atoms. The first-order valence-corrected chi connectivity index (χ1v) is 16.0. The van der Waals surface area contributed by atoms with E-state index in [1.54, 1.807) is 42.5 Å². The molecule has 3 aromatic carbocycles. The number of benzene rings is 3. The Morgan fingerprint density at radius 2 is 1.42 bits per heavy atom. The first kappa shape index (κ1) is 38.9. The van der Waals surface area contributed by atoms with Crippen molar-refractivity contribution in [3.8, 4) is 0 Å². The van der Waals surface area contributed by atoms with Crippen molar-refractivity contribution in [1.82, 2.24) is 5.32 Å². The number of alkyl halides is 3. The normalized spacial score (nSPS) is 11.8. The first-order chi connectivity index (χ1) is 23.7. The van der Waals surface area contributed by atoms with Gasteiger partial charge in [0.1, 0.15) is 11.4 Å². The van der Waals surface area contributed by atoms with Crippen molar-refractivity contribution in [2.45, 2.75) is 44.9 Å². The molecule has 0 saturated heterocycles. The van der Waals surface area contributed by atoms with Crippen LogP contribution in [-0.2, 0) is 35.5 Å². The lowest BCUT2D eigenvalue weighted by Gasteiger charge is -2.21. The minimum absolute atomic E-state index is 0.197. The van der Waals surface area contributed by atoms with Crippen molar-refractivity contribution >= 4 is 46.7 Å². The molecule has 5 rings (SSSR count). The molecule has 0 unspecified atom stereocenters. The number of amides is 3. The van der Waals surface area contributed by atoms with Crippen LogP contribution in [0.25, 0.3) is 0 Å². The second kappa shape index (κ2) is 18.3. The molecule has 1 aliphatic rings. The Morgan fingerprint density at radius 3 is 1.98 bits per heavy atom. The summed E-state index contributed by atoms with van der Waals surface area (Å²) < 4.78 is 31.7. The van der Waals surface area contributed by atoms with Gasteiger partial charge in [0, 0.05) is 29.2 Å². The molecule has 0 atom stereocenters. The zero-order valence-corrected chi connectivity index (χ0v) is 27.4. The smallest absolute Gasteiger partial charge is 0.480 e. The van der Waals surface area contributed by atoms with Crippen molar-refractivity contribution in [3.63, 3.8) is 0 Å². The molecule has 0 saturated carbocycles. The number of hydrogen-bond acceptors (Lipinski definition) is 7. The number of fused-ring (bicyclic) bond motifs is 1. The van der Waals surface area contributed by atoms with Crippen molar-refractivity contribution in [1.29, 1.82) is 0 Å². The Hall–Kier alpha value is -5.54. The molecule has 0 fully saturated rings. The number of nitrogens with two attached hydrogens (primary N) is 2. The van der Waals surface area contributed by atoms with Gasteiger partial charge in [-0.25, -0.2) is 4.79 Å². The quantitative estimate of drug-likeness (QED) is 0.157. The molecular weight excluding hydrogens is 677 g/mol. The number of anilines is 1. The number of rotatable bonds is 9. The fourth-order valence-corrected chi connectivity index (χ4v) is 6.10. The fourth-order valence-electron chi connectivity index (χ4n) is 4.86. The Balaban J connectivity index is 0.000000228. The van der Waals surface area contributed by atoms with Crippen LogP contribution in [0.4, 0.5) is 18.9 Å². The zero-order chi connectivity index (χ0) is 36.8. The Kier molecular flexibility index (Phi) is 14.2. The van der Waals surface area contributed by atoms with E-state index < -0.39 is 30.6 Å². The highest BCUT2D eigenvalue weighted by Crippen LogP contribution is 2.34. The van der Waals surface area contributed by atoms with Gasteiger partial charge >= 0.3 is 18.1 Å². The lowest BCUT2D eigenvalue weighted by molar-refractivity contribution is -0.192. The molecule has 3 amide bonds. The molecule has 0 aliphatic heterocycles. The summed E-state index contributed by atoms with van der Waals surface area (Å²) in [7, 11) is 0. The Bertz CT molecular complexity index is 1800. The van der Waals surface area contributed by atoms with Gasteiger partial charge in [0.2, 0.25) is 0 Å². The van der Waals surface area contributed by atoms with Gasteiger partial charge in [0.25, 0.3) is 17.7 Å². The lowest BCUT2D eigenvalue weighted by Crippen LogP contribution is -2.35. The number of nitrogens with one attached hydrogen (secondary N) is 1. The van der Waals surface area contributed by atoms with Crippen LogP contribution < -0.4 is 21.7 Å². The molecule has 1 aromatic heterocycles. The number of halogens is 3. The van der Waals surface area contributed by atoms with Gasteiger partial charge in [-0.05, 0) is 66.6 Å². The monoisotopic (exact) mass is 712 g/mol. The summed E-state index contributed by atoms with van der Waals surface area (Å²) in [6.07, 6.45) is -1.13. The fraction of sp³-hybridized carbons (Fsp3) is 0.229. The topological polar surface area (TPSA) is 193 Å². The maximum Gasteiger partial charge on any atom is 0.490 e. The molecule has 7 N–H and O–H groups in total. The maximum absolute atomic E-state index is 12.6. The van der Waals surface area contributed by atoms with E-state index in [2.05, 4.69) is 5.32 Å². The molecule has 50 heavy (non-hydrogen) atoms. The van der Waals surface area contributed by atoms with E-state index in [1.165, 1.54) is 16.2 Å². The highest BCUT2D eigenvalue weighted by atomic mass is 32.1. The third-order valence-electron chi connectivity index (χ3n) is 7.18. The number of thiophene rings is 1. The summed E-state index contributed by atoms with van der Waals surface area (Å²) in [5.74, 6) is -4.89. The lowest BCUT2D eigenvalue weighted by atomic mass is 9.94. The summed E-state index contributed by atoms with van der Waals surface area (Å²) in [6.45, 7) is 0.379.